The van der Waals surface area contributed by atoms with Crippen molar-refractivity contribution < 1.29 is 0 Å². The standard InChI is InChI=1S/C7H9N5O/c8-4-3-6-10-9-5-1-2-7(13)11-12(5)6/h1-2H,3-4,8H2,(H,11,13). The molecule has 13 heavy (non-hydrogen) atoms. The van der Waals surface area contributed by atoms with Gasteiger partial charge in [0.05, 0.1) is 0 Å². The Kier molecular flexibility index (Phi) is 1.82. The van der Waals surface area contributed by atoms with Crippen molar-refractivity contribution in [3.63, 3.8) is 0 Å². The van der Waals surface area contributed by atoms with E-state index in [0.717, 1.165) is 0 Å². The van der Waals surface area contributed by atoms with Crippen LogP contribution in [0.2, 0.25) is 0 Å². The molecule has 0 aliphatic rings. The van der Waals surface area contributed by atoms with Crippen LogP contribution in [-0.4, -0.2) is 26.4 Å². The molecule has 0 saturated carbocycles. The van der Waals surface area contributed by atoms with Gasteiger partial charge >= 0.3 is 0 Å². The molecule has 0 fully saturated rings. The summed E-state index contributed by atoms with van der Waals surface area (Å²) in [5, 5.41) is 10.4. The number of nitrogens with one attached hydrogen (secondary N) is 1. The van der Waals surface area contributed by atoms with Crippen LogP contribution in [0.4, 0.5) is 0 Å². The van der Waals surface area contributed by atoms with Crippen LogP contribution >= 0.6 is 0 Å². The van der Waals surface area contributed by atoms with Gasteiger partial charge in [-0.05, 0) is 12.6 Å². The van der Waals surface area contributed by atoms with Crippen LogP contribution in [-0.2, 0) is 6.42 Å². The van der Waals surface area contributed by atoms with Gasteiger partial charge in [-0.2, -0.15) is 0 Å². The maximum atomic E-state index is 11.0. The summed E-state index contributed by atoms with van der Waals surface area (Å²) < 4.78 is 1.55. The molecule has 0 saturated heterocycles. The van der Waals surface area contributed by atoms with Crippen molar-refractivity contribution in [2.45, 2.75) is 6.42 Å². The second kappa shape index (κ2) is 2.98. The van der Waals surface area contributed by atoms with Gasteiger partial charge in [-0.15, -0.1) is 10.2 Å². The third-order valence-electron chi connectivity index (χ3n) is 1.73. The first-order valence-corrected chi connectivity index (χ1v) is 3.94. The lowest BCUT2D eigenvalue weighted by atomic mass is 10.4. The summed E-state index contributed by atoms with van der Waals surface area (Å²) in [5.74, 6) is 0.676. The molecule has 6 heteroatoms. The van der Waals surface area contributed by atoms with Crippen LogP contribution in [0.25, 0.3) is 5.65 Å². The van der Waals surface area contributed by atoms with E-state index in [1.54, 1.807) is 10.6 Å². The Morgan fingerprint density at radius 2 is 2.31 bits per heavy atom. The van der Waals surface area contributed by atoms with Crippen LogP contribution < -0.4 is 11.3 Å². The lowest BCUT2D eigenvalue weighted by Gasteiger charge is -1.95. The van der Waals surface area contributed by atoms with Gasteiger partial charge in [0.15, 0.2) is 11.5 Å². The molecule has 0 aliphatic heterocycles. The summed E-state index contributed by atoms with van der Waals surface area (Å²) in [4.78, 5) is 11.0. The first kappa shape index (κ1) is 7.93. The third-order valence-corrected chi connectivity index (χ3v) is 1.73. The van der Waals surface area contributed by atoms with Crippen molar-refractivity contribution in [2.24, 2.45) is 5.73 Å². The first-order chi connectivity index (χ1) is 6.31. The van der Waals surface area contributed by atoms with Gasteiger partial charge in [-0.1, -0.05) is 0 Å². The minimum Gasteiger partial charge on any atom is -0.330 e. The highest BCUT2D eigenvalue weighted by Gasteiger charge is 2.03. The lowest BCUT2D eigenvalue weighted by molar-refractivity contribution is 0.780. The molecule has 0 atom stereocenters. The van der Waals surface area contributed by atoms with E-state index in [1.165, 1.54) is 6.07 Å². The number of rotatable bonds is 2. The fourth-order valence-corrected chi connectivity index (χ4v) is 1.15. The second-order valence-corrected chi connectivity index (χ2v) is 2.66. The van der Waals surface area contributed by atoms with Crippen LogP contribution in [0.3, 0.4) is 0 Å². The van der Waals surface area contributed by atoms with Crippen molar-refractivity contribution in [2.75, 3.05) is 6.54 Å². The van der Waals surface area contributed by atoms with E-state index in [9.17, 15) is 4.79 Å². The van der Waals surface area contributed by atoms with E-state index in [1.807, 2.05) is 0 Å². The van der Waals surface area contributed by atoms with Gasteiger partial charge in [0.2, 0.25) is 0 Å². The molecule has 0 spiro atoms. The number of nitrogens with zero attached hydrogens (tertiary/aromatic N) is 3. The first-order valence-electron chi connectivity index (χ1n) is 3.94. The normalized spacial score (nSPS) is 10.8. The van der Waals surface area contributed by atoms with E-state index >= 15 is 0 Å². The number of hydrogen-bond acceptors (Lipinski definition) is 4. The number of nitrogens with two attached hydrogens (primary N) is 1. The van der Waals surface area contributed by atoms with Gasteiger partial charge in [0.1, 0.15) is 0 Å². The SMILES string of the molecule is NCCc1nnc2ccc(=O)[nH]n12. The van der Waals surface area contributed by atoms with Gasteiger partial charge in [0.25, 0.3) is 5.56 Å². The number of fused-ring (bicyclic) bond motifs is 1. The molecule has 68 valence electrons. The number of aromatic amines is 1. The van der Waals surface area contributed by atoms with E-state index < -0.39 is 0 Å². The van der Waals surface area contributed by atoms with E-state index in [-0.39, 0.29) is 5.56 Å². The molecule has 2 rings (SSSR count). The average molecular weight is 179 g/mol. The van der Waals surface area contributed by atoms with Gasteiger partial charge < -0.3 is 5.73 Å². The number of hydrogen-bond donors (Lipinski definition) is 2. The maximum Gasteiger partial charge on any atom is 0.263 e. The molecule has 0 aromatic carbocycles. The Labute approximate surface area is 73.4 Å². The molecule has 2 heterocycles. The zero-order chi connectivity index (χ0) is 9.26. The predicted molar refractivity (Wildman–Crippen MR) is 46.4 cm³/mol. The molecule has 0 aliphatic carbocycles. The Morgan fingerprint density at radius 1 is 1.46 bits per heavy atom. The highest BCUT2D eigenvalue weighted by molar-refractivity contribution is 5.34. The quantitative estimate of drug-likeness (QED) is 0.613. The Morgan fingerprint density at radius 3 is 3.08 bits per heavy atom. The lowest BCUT2D eigenvalue weighted by Crippen LogP contribution is -2.13. The molecule has 0 bridgehead atoms. The predicted octanol–water partition coefficient (Wildman–Crippen LogP) is -1.08. The fraction of sp³-hybridized carbons (Fsp3) is 0.286. The van der Waals surface area contributed by atoms with Crippen molar-refractivity contribution in [3.8, 4) is 0 Å². The smallest absolute Gasteiger partial charge is 0.263 e. The van der Waals surface area contributed by atoms with Crippen LogP contribution in [0, 0.1) is 0 Å². The minimum absolute atomic E-state index is 0.175. The van der Waals surface area contributed by atoms with Crippen molar-refractivity contribution in [1.82, 2.24) is 19.8 Å². The number of H-pyrrole nitrogens is 1. The van der Waals surface area contributed by atoms with Crippen molar-refractivity contribution in [3.05, 3.63) is 28.3 Å². The van der Waals surface area contributed by atoms with Crippen LogP contribution in [0.5, 0.6) is 0 Å². The Hall–Kier alpha value is -1.69. The van der Waals surface area contributed by atoms with Crippen LogP contribution in [0.1, 0.15) is 5.82 Å². The summed E-state index contributed by atoms with van der Waals surface area (Å²) in [6.45, 7) is 0.484. The number of aromatic nitrogens is 4. The summed E-state index contributed by atoms with van der Waals surface area (Å²) in [6, 6.07) is 3.03. The van der Waals surface area contributed by atoms with Gasteiger partial charge in [-0.25, -0.2) is 4.52 Å². The van der Waals surface area contributed by atoms with E-state index in [2.05, 4.69) is 15.3 Å². The highest BCUT2D eigenvalue weighted by atomic mass is 16.1. The molecule has 0 amide bonds. The summed E-state index contributed by atoms with van der Waals surface area (Å²) in [6.07, 6.45) is 0.598. The molecule has 3 N–H and O–H groups in total. The summed E-state index contributed by atoms with van der Waals surface area (Å²) >= 11 is 0. The molecule has 6 nitrogen and oxygen atoms in total. The summed E-state index contributed by atoms with van der Waals surface area (Å²) in [7, 11) is 0. The fourth-order valence-electron chi connectivity index (χ4n) is 1.15. The molecule has 2 aromatic rings. The molecule has 2 aromatic heterocycles. The highest BCUT2D eigenvalue weighted by Crippen LogP contribution is 1.97. The second-order valence-electron chi connectivity index (χ2n) is 2.66. The van der Waals surface area contributed by atoms with Crippen molar-refractivity contribution in [1.29, 1.82) is 0 Å². The van der Waals surface area contributed by atoms with Crippen molar-refractivity contribution >= 4 is 5.65 Å². The zero-order valence-electron chi connectivity index (χ0n) is 6.90. The van der Waals surface area contributed by atoms with Gasteiger partial charge in [0, 0.05) is 12.5 Å². The molecule has 0 unspecified atom stereocenters. The monoisotopic (exact) mass is 179 g/mol. The average Bonchev–Trinajstić information content (AvgIpc) is 2.49. The van der Waals surface area contributed by atoms with Crippen LogP contribution in [0.15, 0.2) is 16.9 Å². The topological polar surface area (TPSA) is 89.1 Å². The maximum absolute atomic E-state index is 11.0. The zero-order valence-corrected chi connectivity index (χ0v) is 6.90. The Bertz CT molecular complexity index is 471. The minimum atomic E-state index is -0.175. The molecular weight excluding hydrogens is 170 g/mol. The molecular formula is C7H9N5O. The van der Waals surface area contributed by atoms with E-state index in [4.69, 9.17) is 5.73 Å². The van der Waals surface area contributed by atoms with Gasteiger partial charge in [-0.3, -0.25) is 9.89 Å². The molecule has 0 radical (unpaired) electrons. The summed E-state index contributed by atoms with van der Waals surface area (Å²) in [5.41, 5.74) is 5.83. The van der Waals surface area contributed by atoms with E-state index in [0.29, 0.717) is 24.4 Å². The largest absolute Gasteiger partial charge is 0.330 e. The third kappa shape index (κ3) is 1.31. The Balaban J connectivity index is 2.64.